The van der Waals surface area contributed by atoms with Crippen LogP contribution in [0.5, 0.6) is 5.75 Å². The van der Waals surface area contributed by atoms with Crippen LogP contribution in [0.4, 0.5) is 10.1 Å². The summed E-state index contributed by atoms with van der Waals surface area (Å²) in [5.41, 5.74) is 2.55. The zero-order chi connectivity index (χ0) is 18.2. The lowest BCUT2D eigenvalue weighted by Gasteiger charge is -2.15. The lowest BCUT2D eigenvalue weighted by Crippen LogP contribution is -2.36. The fourth-order valence-corrected chi connectivity index (χ4v) is 2.36. The van der Waals surface area contributed by atoms with Crippen LogP contribution < -0.4 is 20.3 Å². The normalized spacial score (nSPS) is 10.7. The highest BCUT2D eigenvalue weighted by Gasteiger charge is 2.06. The second-order valence-electron chi connectivity index (χ2n) is 5.81. The zero-order valence-corrected chi connectivity index (χ0v) is 17.9. The van der Waals surface area contributed by atoms with Crippen LogP contribution in [0.3, 0.4) is 0 Å². The molecular formula is C19H26FIN4O. The molecule has 0 amide bonds. The summed E-state index contributed by atoms with van der Waals surface area (Å²) in [7, 11) is 6.99. The van der Waals surface area contributed by atoms with E-state index in [9.17, 15) is 4.39 Å². The molecule has 0 saturated heterocycles. The van der Waals surface area contributed by atoms with Crippen molar-refractivity contribution >= 4 is 35.6 Å². The maximum absolute atomic E-state index is 14.0. The summed E-state index contributed by atoms with van der Waals surface area (Å²) in [5, 5.41) is 6.42. The van der Waals surface area contributed by atoms with Crippen molar-refractivity contribution in [3.05, 3.63) is 59.4 Å². The van der Waals surface area contributed by atoms with Gasteiger partial charge < -0.3 is 20.3 Å². The predicted octanol–water partition coefficient (Wildman–Crippen LogP) is 3.38. The van der Waals surface area contributed by atoms with E-state index in [1.165, 1.54) is 0 Å². The Morgan fingerprint density at radius 1 is 1.04 bits per heavy atom. The Morgan fingerprint density at radius 3 is 2.12 bits per heavy atom. The van der Waals surface area contributed by atoms with E-state index in [0.29, 0.717) is 24.7 Å². The zero-order valence-electron chi connectivity index (χ0n) is 15.5. The molecule has 0 aliphatic heterocycles. The average Bonchev–Trinajstić information content (AvgIpc) is 2.62. The van der Waals surface area contributed by atoms with E-state index >= 15 is 0 Å². The maximum Gasteiger partial charge on any atom is 0.191 e. The second-order valence-corrected chi connectivity index (χ2v) is 5.81. The molecule has 26 heavy (non-hydrogen) atoms. The number of rotatable bonds is 6. The molecular weight excluding hydrogens is 446 g/mol. The standard InChI is InChI=1S/C19H25FN4O.HI/c1-21-19(22-12-14-5-8-16(25-4)9-6-14)23-13-15-7-10-18(24(2)3)17(20)11-15;/h5-11H,12-13H2,1-4H3,(H2,21,22,23);1H. The first-order valence-electron chi connectivity index (χ1n) is 8.06. The minimum atomic E-state index is -0.231. The molecule has 2 rings (SSSR count). The van der Waals surface area contributed by atoms with Gasteiger partial charge in [0.2, 0.25) is 0 Å². The fourth-order valence-electron chi connectivity index (χ4n) is 2.36. The van der Waals surface area contributed by atoms with E-state index in [-0.39, 0.29) is 29.8 Å². The highest BCUT2D eigenvalue weighted by atomic mass is 127. The number of anilines is 1. The Balaban J connectivity index is 0.00000338. The molecule has 0 aliphatic carbocycles. The van der Waals surface area contributed by atoms with Gasteiger partial charge in [0.15, 0.2) is 5.96 Å². The molecule has 2 N–H and O–H groups in total. The molecule has 7 heteroatoms. The average molecular weight is 472 g/mol. The first-order chi connectivity index (χ1) is 12.0. The summed E-state index contributed by atoms with van der Waals surface area (Å²) in [6.45, 7) is 1.13. The molecule has 0 spiro atoms. The molecule has 142 valence electrons. The van der Waals surface area contributed by atoms with E-state index in [0.717, 1.165) is 16.9 Å². The quantitative estimate of drug-likeness (QED) is 0.385. The van der Waals surface area contributed by atoms with Gasteiger partial charge in [0.05, 0.1) is 12.8 Å². The van der Waals surface area contributed by atoms with Gasteiger partial charge in [0.25, 0.3) is 0 Å². The van der Waals surface area contributed by atoms with Crippen molar-refractivity contribution in [2.45, 2.75) is 13.1 Å². The maximum atomic E-state index is 14.0. The van der Waals surface area contributed by atoms with Crippen molar-refractivity contribution in [1.29, 1.82) is 0 Å². The molecule has 5 nitrogen and oxygen atoms in total. The number of guanidine groups is 1. The number of halogens is 2. The number of benzene rings is 2. The Kier molecular flexibility index (Phi) is 9.18. The van der Waals surface area contributed by atoms with Crippen LogP contribution in [-0.2, 0) is 13.1 Å². The molecule has 0 aromatic heterocycles. The van der Waals surface area contributed by atoms with E-state index in [2.05, 4.69) is 15.6 Å². The number of nitrogens with one attached hydrogen (secondary N) is 2. The molecule has 2 aromatic rings. The minimum absolute atomic E-state index is 0. The van der Waals surface area contributed by atoms with Gasteiger partial charge in [-0.3, -0.25) is 4.99 Å². The summed E-state index contributed by atoms with van der Waals surface area (Å²) < 4.78 is 19.2. The van der Waals surface area contributed by atoms with E-state index < -0.39 is 0 Å². The van der Waals surface area contributed by atoms with Gasteiger partial charge in [0.1, 0.15) is 11.6 Å². The van der Waals surface area contributed by atoms with Crippen molar-refractivity contribution < 1.29 is 9.13 Å². The molecule has 0 aliphatic rings. The highest BCUT2D eigenvalue weighted by Crippen LogP contribution is 2.18. The van der Waals surface area contributed by atoms with Gasteiger partial charge in [-0.1, -0.05) is 18.2 Å². The minimum Gasteiger partial charge on any atom is -0.497 e. The van der Waals surface area contributed by atoms with Gasteiger partial charge in [-0.2, -0.15) is 0 Å². The molecule has 0 atom stereocenters. The summed E-state index contributed by atoms with van der Waals surface area (Å²) in [4.78, 5) is 5.94. The van der Waals surface area contributed by atoms with Crippen molar-refractivity contribution in [2.24, 2.45) is 4.99 Å². The van der Waals surface area contributed by atoms with Crippen LogP contribution >= 0.6 is 24.0 Å². The first kappa shape index (κ1) is 22.0. The van der Waals surface area contributed by atoms with Crippen LogP contribution in [-0.4, -0.2) is 34.2 Å². The molecule has 0 unspecified atom stereocenters. The smallest absolute Gasteiger partial charge is 0.191 e. The summed E-state index contributed by atoms with van der Waals surface area (Å²) in [6, 6.07) is 13.1. The molecule has 0 bridgehead atoms. The van der Waals surface area contributed by atoms with Gasteiger partial charge >= 0.3 is 0 Å². The van der Waals surface area contributed by atoms with Crippen LogP contribution in [0, 0.1) is 5.82 Å². The van der Waals surface area contributed by atoms with Crippen LogP contribution in [0.1, 0.15) is 11.1 Å². The Bertz CT molecular complexity index is 720. The Hall–Kier alpha value is -2.03. The van der Waals surface area contributed by atoms with Crippen molar-refractivity contribution in [2.75, 3.05) is 33.2 Å². The van der Waals surface area contributed by atoms with E-state index in [1.807, 2.05) is 44.4 Å². The van der Waals surface area contributed by atoms with Gasteiger partial charge in [0, 0.05) is 34.2 Å². The number of hydrogen-bond donors (Lipinski definition) is 2. The molecule has 0 radical (unpaired) electrons. The van der Waals surface area contributed by atoms with E-state index in [1.54, 1.807) is 31.2 Å². The van der Waals surface area contributed by atoms with Gasteiger partial charge in [-0.15, -0.1) is 24.0 Å². The Labute approximate surface area is 171 Å². The molecule has 0 saturated carbocycles. The summed E-state index contributed by atoms with van der Waals surface area (Å²) >= 11 is 0. The van der Waals surface area contributed by atoms with E-state index in [4.69, 9.17) is 4.74 Å². The lowest BCUT2D eigenvalue weighted by molar-refractivity contribution is 0.414. The third-order valence-electron chi connectivity index (χ3n) is 3.80. The monoisotopic (exact) mass is 472 g/mol. The van der Waals surface area contributed by atoms with Crippen LogP contribution in [0.2, 0.25) is 0 Å². The van der Waals surface area contributed by atoms with Crippen molar-refractivity contribution in [3.8, 4) is 5.75 Å². The van der Waals surface area contributed by atoms with Gasteiger partial charge in [-0.05, 0) is 35.4 Å². The number of nitrogens with zero attached hydrogens (tertiary/aromatic N) is 2. The van der Waals surface area contributed by atoms with Gasteiger partial charge in [-0.25, -0.2) is 4.39 Å². The summed E-state index contributed by atoms with van der Waals surface area (Å²) in [5.74, 6) is 1.26. The number of methoxy groups -OCH3 is 1. The Morgan fingerprint density at radius 2 is 1.62 bits per heavy atom. The topological polar surface area (TPSA) is 48.9 Å². The molecule has 0 fully saturated rings. The summed E-state index contributed by atoms with van der Waals surface area (Å²) in [6.07, 6.45) is 0. The van der Waals surface area contributed by atoms with Crippen LogP contribution in [0.15, 0.2) is 47.5 Å². The van der Waals surface area contributed by atoms with Crippen LogP contribution in [0.25, 0.3) is 0 Å². The third kappa shape index (κ3) is 6.36. The molecule has 0 heterocycles. The second kappa shape index (κ2) is 10.8. The highest BCUT2D eigenvalue weighted by molar-refractivity contribution is 14.0. The van der Waals surface area contributed by atoms with Crippen molar-refractivity contribution in [3.63, 3.8) is 0 Å². The predicted molar refractivity (Wildman–Crippen MR) is 116 cm³/mol. The third-order valence-corrected chi connectivity index (χ3v) is 3.80. The lowest BCUT2D eigenvalue weighted by atomic mass is 10.2. The van der Waals surface area contributed by atoms with Crippen molar-refractivity contribution in [1.82, 2.24) is 10.6 Å². The fraction of sp³-hybridized carbons (Fsp3) is 0.316. The number of ether oxygens (including phenoxy) is 1. The number of hydrogen-bond acceptors (Lipinski definition) is 3. The molecule has 2 aromatic carbocycles. The SMILES string of the molecule is CN=C(NCc1ccc(OC)cc1)NCc1ccc(N(C)C)c(F)c1.I. The first-order valence-corrected chi connectivity index (χ1v) is 8.06. The number of aliphatic imine (C=N–C) groups is 1. The largest absolute Gasteiger partial charge is 0.497 e.